The predicted octanol–water partition coefficient (Wildman–Crippen LogP) is 3.68. The number of fused-ring (bicyclic) bond motifs is 1. The molecule has 4 nitrogen and oxygen atoms in total. The first-order chi connectivity index (χ1) is 10.9. The van der Waals surface area contributed by atoms with Crippen LogP contribution in [0.25, 0.3) is 10.9 Å². The molecule has 0 unspecified atom stereocenters. The lowest BCUT2D eigenvalue weighted by Gasteiger charge is -2.11. The van der Waals surface area contributed by atoms with Crippen LogP contribution in [-0.2, 0) is 0 Å². The molecule has 0 saturated heterocycles. The summed E-state index contributed by atoms with van der Waals surface area (Å²) in [6.45, 7) is 7.84. The molecular formula is C19H19N3O. The van der Waals surface area contributed by atoms with Crippen molar-refractivity contribution in [2.45, 2.75) is 27.7 Å². The number of anilines is 1. The van der Waals surface area contributed by atoms with Crippen LogP contribution < -0.4 is 5.73 Å². The third-order valence-electron chi connectivity index (χ3n) is 4.20. The molecule has 3 aromatic rings. The van der Waals surface area contributed by atoms with Gasteiger partial charge in [-0.15, -0.1) is 10.2 Å². The molecule has 2 aromatic carbocycles. The van der Waals surface area contributed by atoms with Crippen LogP contribution in [-0.4, -0.2) is 16.0 Å². The van der Waals surface area contributed by atoms with Gasteiger partial charge in [0, 0.05) is 10.9 Å². The van der Waals surface area contributed by atoms with Gasteiger partial charge in [-0.2, -0.15) is 0 Å². The fourth-order valence-electron chi connectivity index (χ4n) is 2.90. The van der Waals surface area contributed by atoms with Crippen molar-refractivity contribution in [3.63, 3.8) is 0 Å². The number of carbonyl (C=O) groups excluding carboxylic acids is 1. The quantitative estimate of drug-likeness (QED) is 0.733. The summed E-state index contributed by atoms with van der Waals surface area (Å²) >= 11 is 0. The molecular weight excluding hydrogens is 286 g/mol. The van der Waals surface area contributed by atoms with E-state index in [9.17, 15) is 4.79 Å². The van der Waals surface area contributed by atoms with Crippen LogP contribution in [0.4, 0.5) is 5.69 Å². The molecule has 0 aliphatic carbocycles. The zero-order chi connectivity index (χ0) is 16.7. The Morgan fingerprint density at radius 1 is 0.913 bits per heavy atom. The molecule has 0 fully saturated rings. The maximum atomic E-state index is 12.9. The SMILES string of the molecule is Cc1ccc(C(=O)c2nnc3c(C)ccc(C)c3c2N)c(C)c1. The maximum absolute atomic E-state index is 12.9. The van der Waals surface area contributed by atoms with E-state index in [2.05, 4.69) is 10.2 Å². The predicted molar refractivity (Wildman–Crippen MR) is 92.8 cm³/mol. The highest BCUT2D eigenvalue weighted by atomic mass is 16.1. The number of nitrogen functional groups attached to an aromatic ring is 1. The highest BCUT2D eigenvalue weighted by Gasteiger charge is 2.20. The van der Waals surface area contributed by atoms with Crippen LogP contribution in [0.2, 0.25) is 0 Å². The van der Waals surface area contributed by atoms with Gasteiger partial charge in [-0.05, 0) is 44.4 Å². The van der Waals surface area contributed by atoms with Crippen molar-refractivity contribution in [2.24, 2.45) is 0 Å². The summed E-state index contributed by atoms with van der Waals surface area (Å²) in [4.78, 5) is 12.9. The molecule has 3 rings (SSSR count). The lowest BCUT2D eigenvalue weighted by molar-refractivity contribution is 0.103. The standard InChI is InChI=1S/C19H19N3O/c1-10-5-8-14(13(4)9-10)19(23)18-16(20)15-11(2)6-7-12(3)17(15)21-22-18/h5-9H,1-4H3,(H2,20,21). The molecule has 0 aliphatic rings. The summed E-state index contributed by atoms with van der Waals surface area (Å²) < 4.78 is 0. The van der Waals surface area contributed by atoms with Crippen molar-refractivity contribution in [1.82, 2.24) is 10.2 Å². The van der Waals surface area contributed by atoms with Crippen LogP contribution in [0.3, 0.4) is 0 Å². The third kappa shape index (κ3) is 2.46. The van der Waals surface area contributed by atoms with Crippen LogP contribution in [0.5, 0.6) is 0 Å². The number of hydrogen-bond acceptors (Lipinski definition) is 4. The van der Waals surface area contributed by atoms with E-state index in [1.54, 1.807) is 0 Å². The summed E-state index contributed by atoms with van der Waals surface area (Å²) in [5.41, 5.74) is 12.3. The van der Waals surface area contributed by atoms with E-state index < -0.39 is 0 Å². The van der Waals surface area contributed by atoms with Crippen molar-refractivity contribution in [2.75, 3.05) is 5.73 Å². The number of aromatic nitrogens is 2. The highest BCUT2D eigenvalue weighted by Crippen LogP contribution is 2.28. The van der Waals surface area contributed by atoms with E-state index in [1.807, 2.05) is 58.0 Å². The summed E-state index contributed by atoms with van der Waals surface area (Å²) in [7, 11) is 0. The molecule has 0 saturated carbocycles. The van der Waals surface area contributed by atoms with Gasteiger partial charge in [0.1, 0.15) is 0 Å². The van der Waals surface area contributed by atoms with Gasteiger partial charge >= 0.3 is 0 Å². The Kier molecular flexibility index (Phi) is 3.60. The average molecular weight is 305 g/mol. The van der Waals surface area contributed by atoms with Gasteiger partial charge in [-0.1, -0.05) is 35.9 Å². The molecule has 2 N–H and O–H groups in total. The minimum absolute atomic E-state index is 0.185. The van der Waals surface area contributed by atoms with Crippen LogP contribution in [0.1, 0.15) is 38.3 Å². The van der Waals surface area contributed by atoms with E-state index in [-0.39, 0.29) is 11.5 Å². The van der Waals surface area contributed by atoms with Crippen molar-refractivity contribution in [1.29, 1.82) is 0 Å². The number of aryl methyl sites for hydroxylation is 4. The van der Waals surface area contributed by atoms with Crippen molar-refractivity contribution in [3.05, 3.63) is 63.8 Å². The molecule has 0 spiro atoms. The van der Waals surface area contributed by atoms with Crippen LogP contribution in [0, 0.1) is 27.7 Å². The Labute approximate surface area is 135 Å². The van der Waals surface area contributed by atoms with Gasteiger partial charge in [0.15, 0.2) is 5.69 Å². The molecule has 1 heterocycles. The first-order valence-electron chi connectivity index (χ1n) is 7.54. The Morgan fingerprint density at radius 3 is 2.30 bits per heavy atom. The largest absolute Gasteiger partial charge is 0.396 e. The van der Waals surface area contributed by atoms with E-state index >= 15 is 0 Å². The minimum atomic E-state index is -0.185. The van der Waals surface area contributed by atoms with E-state index in [0.29, 0.717) is 11.3 Å². The molecule has 1 aromatic heterocycles. The molecule has 4 heteroatoms. The van der Waals surface area contributed by atoms with Crippen molar-refractivity contribution in [3.8, 4) is 0 Å². The van der Waals surface area contributed by atoms with Crippen LogP contribution >= 0.6 is 0 Å². The second-order valence-electron chi connectivity index (χ2n) is 6.03. The van der Waals surface area contributed by atoms with Gasteiger partial charge < -0.3 is 5.73 Å². The minimum Gasteiger partial charge on any atom is -0.396 e. The third-order valence-corrected chi connectivity index (χ3v) is 4.20. The normalized spacial score (nSPS) is 11.0. The van der Waals surface area contributed by atoms with Crippen LogP contribution in [0.15, 0.2) is 30.3 Å². The van der Waals surface area contributed by atoms with Gasteiger partial charge in [-0.3, -0.25) is 4.79 Å². The average Bonchev–Trinajstić information content (AvgIpc) is 2.50. The molecule has 0 radical (unpaired) electrons. The molecule has 116 valence electrons. The van der Waals surface area contributed by atoms with E-state index in [0.717, 1.165) is 33.2 Å². The summed E-state index contributed by atoms with van der Waals surface area (Å²) in [6, 6.07) is 9.69. The fourth-order valence-corrected chi connectivity index (χ4v) is 2.90. The second kappa shape index (κ2) is 5.47. The second-order valence-corrected chi connectivity index (χ2v) is 6.03. The zero-order valence-electron chi connectivity index (χ0n) is 13.8. The highest BCUT2D eigenvalue weighted by molar-refractivity contribution is 6.15. The number of ketones is 1. The number of hydrogen-bond donors (Lipinski definition) is 1. The number of carbonyl (C=O) groups is 1. The lowest BCUT2D eigenvalue weighted by atomic mass is 9.97. The van der Waals surface area contributed by atoms with Gasteiger partial charge in [0.2, 0.25) is 5.78 Å². The molecule has 0 bridgehead atoms. The first-order valence-corrected chi connectivity index (χ1v) is 7.54. The van der Waals surface area contributed by atoms with Gasteiger partial charge in [-0.25, -0.2) is 0 Å². The van der Waals surface area contributed by atoms with Crippen molar-refractivity contribution >= 4 is 22.4 Å². The topological polar surface area (TPSA) is 68.9 Å². The monoisotopic (exact) mass is 305 g/mol. The molecule has 0 atom stereocenters. The fraction of sp³-hybridized carbons (Fsp3) is 0.211. The van der Waals surface area contributed by atoms with Crippen molar-refractivity contribution < 1.29 is 4.79 Å². The summed E-state index contributed by atoms with van der Waals surface area (Å²) in [5, 5.41) is 9.18. The van der Waals surface area contributed by atoms with Gasteiger partial charge in [0.25, 0.3) is 0 Å². The lowest BCUT2D eigenvalue weighted by Crippen LogP contribution is -2.12. The Morgan fingerprint density at radius 2 is 1.61 bits per heavy atom. The maximum Gasteiger partial charge on any atom is 0.215 e. The molecule has 0 aliphatic heterocycles. The molecule has 0 amide bonds. The van der Waals surface area contributed by atoms with E-state index in [4.69, 9.17) is 5.73 Å². The summed E-state index contributed by atoms with van der Waals surface area (Å²) in [6.07, 6.45) is 0. The van der Waals surface area contributed by atoms with Gasteiger partial charge in [0.05, 0.1) is 11.2 Å². The summed E-state index contributed by atoms with van der Waals surface area (Å²) in [5.74, 6) is -0.185. The number of nitrogens with two attached hydrogens (primary N) is 1. The van der Waals surface area contributed by atoms with E-state index in [1.165, 1.54) is 0 Å². The first kappa shape index (κ1) is 15.2. The molecule has 23 heavy (non-hydrogen) atoms. The Hall–Kier alpha value is -2.75. The number of rotatable bonds is 2. The smallest absolute Gasteiger partial charge is 0.215 e. The number of nitrogens with zero attached hydrogens (tertiary/aromatic N) is 2. The number of benzene rings is 2. The zero-order valence-corrected chi connectivity index (χ0v) is 13.8. The Bertz CT molecular complexity index is 945. The Balaban J connectivity index is 2.22.